The average molecular weight is 244 g/mol. The molecule has 1 rings (SSSR count). The Morgan fingerprint density at radius 1 is 1.50 bits per heavy atom. The summed E-state index contributed by atoms with van der Waals surface area (Å²) in [7, 11) is 0. The summed E-state index contributed by atoms with van der Waals surface area (Å²) >= 11 is 1.83. The van der Waals surface area contributed by atoms with Crippen LogP contribution < -0.4 is 11.1 Å². The van der Waals surface area contributed by atoms with Gasteiger partial charge in [-0.3, -0.25) is 4.79 Å². The number of carbonyl (C=O) groups is 1. The Bertz CT molecular complexity index is 253. The number of primary amides is 1. The number of rotatable bonds is 7. The minimum atomic E-state index is -0.547. The summed E-state index contributed by atoms with van der Waals surface area (Å²) in [6.07, 6.45) is 2.35. The lowest BCUT2D eigenvalue weighted by molar-refractivity contribution is -0.123. The van der Waals surface area contributed by atoms with E-state index in [1.165, 1.54) is 12.8 Å². The summed E-state index contributed by atoms with van der Waals surface area (Å²) in [5.41, 5.74) is 4.95. The fourth-order valence-electron chi connectivity index (χ4n) is 1.35. The predicted octanol–water partition coefficient (Wildman–Crippen LogP) is 1.76. The number of hydrogen-bond acceptors (Lipinski definition) is 3. The summed E-state index contributed by atoms with van der Waals surface area (Å²) in [6.45, 7) is 8.53. The van der Waals surface area contributed by atoms with Gasteiger partial charge in [0.15, 0.2) is 0 Å². The van der Waals surface area contributed by atoms with Gasteiger partial charge in [0, 0.05) is 17.0 Å². The molecule has 1 fully saturated rings. The quantitative estimate of drug-likeness (QED) is 0.717. The zero-order valence-corrected chi connectivity index (χ0v) is 11.6. The van der Waals surface area contributed by atoms with Crippen LogP contribution in [0.3, 0.4) is 0 Å². The van der Waals surface area contributed by atoms with Gasteiger partial charge in [0.25, 0.3) is 0 Å². The van der Waals surface area contributed by atoms with Crippen molar-refractivity contribution in [3.63, 3.8) is 0 Å². The Morgan fingerprint density at radius 3 is 2.44 bits per heavy atom. The van der Waals surface area contributed by atoms with Crippen LogP contribution in [0.25, 0.3) is 0 Å². The fraction of sp³-hybridized carbons (Fsp3) is 0.917. The molecule has 16 heavy (non-hydrogen) atoms. The molecule has 1 aliphatic rings. The summed E-state index contributed by atoms with van der Waals surface area (Å²) in [6, 6.07) is 0.507. The van der Waals surface area contributed by atoms with Crippen molar-refractivity contribution in [1.82, 2.24) is 5.32 Å². The number of thioether (sulfide) groups is 1. The Hall–Kier alpha value is -0.220. The van der Waals surface area contributed by atoms with Crippen LogP contribution in [0, 0.1) is 5.92 Å². The second kappa shape index (κ2) is 5.41. The minimum absolute atomic E-state index is 0.233. The topological polar surface area (TPSA) is 55.1 Å². The van der Waals surface area contributed by atoms with E-state index < -0.39 is 5.54 Å². The van der Waals surface area contributed by atoms with Crippen molar-refractivity contribution in [2.45, 2.75) is 57.4 Å². The van der Waals surface area contributed by atoms with Gasteiger partial charge >= 0.3 is 0 Å². The van der Waals surface area contributed by atoms with Crippen molar-refractivity contribution in [2.75, 3.05) is 5.75 Å². The van der Waals surface area contributed by atoms with Gasteiger partial charge in [-0.15, -0.1) is 0 Å². The molecule has 0 spiro atoms. The molecule has 0 aliphatic heterocycles. The normalized spacial score (nSPS) is 21.8. The summed E-state index contributed by atoms with van der Waals surface area (Å²) < 4.78 is 0. The molecule has 0 radical (unpaired) electrons. The van der Waals surface area contributed by atoms with E-state index in [1.54, 1.807) is 0 Å². The largest absolute Gasteiger partial charge is 0.368 e. The highest BCUT2D eigenvalue weighted by Gasteiger charge is 2.37. The van der Waals surface area contributed by atoms with Crippen molar-refractivity contribution in [1.29, 1.82) is 0 Å². The van der Waals surface area contributed by atoms with Crippen LogP contribution in [0.5, 0.6) is 0 Å². The highest BCUT2D eigenvalue weighted by Crippen LogP contribution is 2.27. The van der Waals surface area contributed by atoms with Crippen LogP contribution >= 0.6 is 11.8 Å². The molecule has 0 saturated heterocycles. The first-order chi connectivity index (χ1) is 7.35. The molecule has 3 nitrogen and oxygen atoms in total. The first-order valence-electron chi connectivity index (χ1n) is 6.04. The van der Waals surface area contributed by atoms with Crippen LogP contribution in [-0.2, 0) is 4.79 Å². The smallest absolute Gasteiger partial charge is 0.238 e. The van der Waals surface area contributed by atoms with Gasteiger partial charge in [-0.05, 0) is 25.7 Å². The van der Waals surface area contributed by atoms with Gasteiger partial charge in [0.2, 0.25) is 5.91 Å². The maximum Gasteiger partial charge on any atom is 0.238 e. The van der Waals surface area contributed by atoms with Crippen LogP contribution in [0.4, 0.5) is 0 Å². The summed E-state index contributed by atoms with van der Waals surface area (Å²) in [4.78, 5) is 11.5. The Kier molecular flexibility index (Phi) is 4.68. The van der Waals surface area contributed by atoms with Gasteiger partial charge in [-0.2, -0.15) is 11.8 Å². The number of hydrogen-bond donors (Lipinski definition) is 2. The van der Waals surface area contributed by atoms with Gasteiger partial charge in [0.05, 0.1) is 0 Å². The van der Waals surface area contributed by atoms with Gasteiger partial charge in [-0.1, -0.05) is 20.8 Å². The molecule has 2 unspecified atom stereocenters. The molecule has 0 bridgehead atoms. The number of carbonyl (C=O) groups excluding carboxylic acids is 1. The maximum atomic E-state index is 11.5. The Labute approximate surface area is 103 Å². The third kappa shape index (κ3) is 3.98. The Morgan fingerprint density at radius 2 is 2.06 bits per heavy atom. The molecule has 1 saturated carbocycles. The van der Waals surface area contributed by atoms with Crippen LogP contribution in [-0.4, -0.2) is 28.5 Å². The number of amides is 1. The SMILES string of the molecule is CC(C)C(C)SCC(C)(NC1CC1)C(N)=O. The minimum Gasteiger partial charge on any atom is -0.368 e. The monoisotopic (exact) mass is 244 g/mol. The standard InChI is InChI=1S/C12H24N2OS/c1-8(2)9(3)16-7-12(4,11(13)15)14-10-5-6-10/h8-10,14H,5-7H2,1-4H3,(H2,13,15). The molecule has 94 valence electrons. The van der Waals surface area contributed by atoms with Gasteiger partial charge < -0.3 is 11.1 Å². The molecule has 3 N–H and O–H groups in total. The van der Waals surface area contributed by atoms with Crippen molar-refractivity contribution in [3.8, 4) is 0 Å². The molecule has 1 amide bonds. The summed E-state index contributed by atoms with van der Waals surface area (Å²) in [5.74, 6) is 1.16. The molecule has 2 atom stereocenters. The predicted molar refractivity (Wildman–Crippen MR) is 70.5 cm³/mol. The lowest BCUT2D eigenvalue weighted by atomic mass is 10.0. The second-order valence-electron chi connectivity index (χ2n) is 5.38. The van der Waals surface area contributed by atoms with E-state index >= 15 is 0 Å². The Balaban J connectivity index is 2.46. The number of nitrogens with two attached hydrogens (primary N) is 1. The first-order valence-corrected chi connectivity index (χ1v) is 7.09. The average Bonchev–Trinajstić information content (AvgIpc) is 2.97. The van der Waals surface area contributed by atoms with Gasteiger partial charge in [0.1, 0.15) is 5.54 Å². The zero-order valence-electron chi connectivity index (χ0n) is 10.7. The van der Waals surface area contributed by atoms with E-state index in [2.05, 4.69) is 26.1 Å². The van der Waals surface area contributed by atoms with E-state index in [-0.39, 0.29) is 5.91 Å². The van der Waals surface area contributed by atoms with Crippen LogP contribution in [0.15, 0.2) is 0 Å². The van der Waals surface area contributed by atoms with E-state index in [9.17, 15) is 4.79 Å². The van der Waals surface area contributed by atoms with Crippen molar-refractivity contribution in [3.05, 3.63) is 0 Å². The maximum absolute atomic E-state index is 11.5. The van der Waals surface area contributed by atoms with E-state index in [4.69, 9.17) is 5.73 Å². The molecular formula is C12H24N2OS. The lowest BCUT2D eigenvalue weighted by Crippen LogP contribution is -2.56. The van der Waals surface area contributed by atoms with E-state index in [1.807, 2.05) is 18.7 Å². The van der Waals surface area contributed by atoms with E-state index in [0.29, 0.717) is 17.2 Å². The molecule has 0 aromatic carbocycles. The highest BCUT2D eigenvalue weighted by atomic mass is 32.2. The molecule has 4 heteroatoms. The third-order valence-electron chi connectivity index (χ3n) is 3.22. The fourth-order valence-corrected chi connectivity index (χ4v) is 2.56. The third-order valence-corrected chi connectivity index (χ3v) is 5.03. The van der Waals surface area contributed by atoms with Crippen molar-refractivity contribution in [2.24, 2.45) is 11.7 Å². The van der Waals surface area contributed by atoms with Crippen LogP contribution in [0.1, 0.15) is 40.5 Å². The molecule has 0 heterocycles. The molecule has 1 aliphatic carbocycles. The zero-order chi connectivity index (χ0) is 12.3. The second-order valence-corrected chi connectivity index (χ2v) is 6.74. The molecule has 0 aromatic rings. The first kappa shape index (κ1) is 13.8. The number of nitrogens with one attached hydrogen (secondary N) is 1. The van der Waals surface area contributed by atoms with Crippen molar-refractivity contribution < 1.29 is 4.79 Å². The lowest BCUT2D eigenvalue weighted by Gasteiger charge is -2.29. The molecule has 0 aromatic heterocycles. The van der Waals surface area contributed by atoms with Crippen molar-refractivity contribution >= 4 is 17.7 Å². The summed E-state index contributed by atoms with van der Waals surface area (Å²) in [5, 5.41) is 3.92. The van der Waals surface area contributed by atoms with Crippen LogP contribution in [0.2, 0.25) is 0 Å². The molecular weight excluding hydrogens is 220 g/mol. The van der Waals surface area contributed by atoms with E-state index in [0.717, 1.165) is 5.75 Å². The van der Waals surface area contributed by atoms with Gasteiger partial charge in [-0.25, -0.2) is 0 Å². The highest BCUT2D eigenvalue weighted by molar-refractivity contribution is 8.00.